The second kappa shape index (κ2) is 10.8. The van der Waals surface area contributed by atoms with Gasteiger partial charge >= 0.3 is 5.97 Å². The average molecular weight is 372 g/mol. The number of benzene rings is 1. The van der Waals surface area contributed by atoms with E-state index in [-0.39, 0.29) is 5.97 Å². The Balaban J connectivity index is 2.37. The first-order chi connectivity index (χ1) is 12.3. The SMILES string of the molecule is C=CCSC(SCc1ccccc1)=C(C(=O)OCC)c1cccnc1. The summed E-state index contributed by atoms with van der Waals surface area (Å²) in [5.74, 6) is 1.19. The van der Waals surface area contributed by atoms with Crippen molar-refractivity contribution in [2.45, 2.75) is 12.7 Å². The van der Waals surface area contributed by atoms with Crippen LogP contribution >= 0.6 is 23.5 Å². The summed E-state index contributed by atoms with van der Waals surface area (Å²) in [6, 6.07) is 13.9. The molecule has 0 N–H and O–H groups in total. The summed E-state index contributed by atoms with van der Waals surface area (Å²) in [5.41, 5.74) is 2.55. The first-order valence-corrected chi connectivity index (χ1v) is 9.95. The van der Waals surface area contributed by atoms with Gasteiger partial charge in [0.25, 0.3) is 0 Å². The van der Waals surface area contributed by atoms with Gasteiger partial charge in [-0.25, -0.2) is 4.79 Å². The van der Waals surface area contributed by atoms with Crippen molar-refractivity contribution in [2.75, 3.05) is 12.4 Å². The molecule has 0 spiro atoms. The first-order valence-electron chi connectivity index (χ1n) is 7.98. The van der Waals surface area contributed by atoms with Crippen molar-refractivity contribution in [3.05, 3.63) is 82.9 Å². The van der Waals surface area contributed by atoms with E-state index < -0.39 is 0 Å². The van der Waals surface area contributed by atoms with Gasteiger partial charge in [-0.2, -0.15) is 0 Å². The molecule has 5 heteroatoms. The molecule has 2 aromatic rings. The Hall–Kier alpha value is -1.98. The number of esters is 1. The van der Waals surface area contributed by atoms with Crippen LogP contribution in [0.1, 0.15) is 18.1 Å². The van der Waals surface area contributed by atoms with Gasteiger partial charge in [-0.05, 0) is 18.6 Å². The second-order valence-electron chi connectivity index (χ2n) is 5.00. The van der Waals surface area contributed by atoms with Gasteiger partial charge in [0.2, 0.25) is 0 Å². The lowest BCUT2D eigenvalue weighted by molar-refractivity contribution is -0.136. The van der Waals surface area contributed by atoms with Crippen molar-refractivity contribution in [1.82, 2.24) is 4.98 Å². The smallest absolute Gasteiger partial charge is 0.340 e. The number of carbonyl (C=O) groups excluding carboxylic acids is 1. The van der Waals surface area contributed by atoms with Crippen LogP contribution in [0.3, 0.4) is 0 Å². The van der Waals surface area contributed by atoms with E-state index in [2.05, 4.69) is 23.7 Å². The van der Waals surface area contributed by atoms with Gasteiger partial charge in [-0.3, -0.25) is 4.98 Å². The number of nitrogens with zero attached hydrogens (tertiary/aromatic N) is 1. The van der Waals surface area contributed by atoms with Crippen molar-refractivity contribution in [3.63, 3.8) is 0 Å². The second-order valence-corrected chi connectivity index (χ2v) is 7.27. The highest BCUT2D eigenvalue weighted by Crippen LogP contribution is 2.38. The molecule has 130 valence electrons. The molecular formula is C20H21NO2S2. The number of hydrogen-bond donors (Lipinski definition) is 0. The van der Waals surface area contributed by atoms with E-state index >= 15 is 0 Å². The largest absolute Gasteiger partial charge is 0.462 e. The van der Waals surface area contributed by atoms with E-state index in [1.807, 2.05) is 43.3 Å². The third kappa shape index (κ3) is 6.11. The molecule has 25 heavy (non-hydrogen) atoms. The van der Waals surface area contributed by atoms with Crippen molar-refractivity contribution in [2.24, 2.45) is 0 Å². The summed E-state index contributed by atoms with van der Waals surface area (Å²) in [6.45, 7) is 5.93. The van der Waals surface area contributed by atoms with E-state index in [4.69, 9.17) is 4.74 Å². The number of ether oxygens (including phenoxy) is 1. The minimum atomic E-state index is -0.317. The molecule has 0 aliphatic carbocycles. The Bertz CT molecular complexity index is 715. The zero-order valence-corrected chi connectivity index (χ0v) is 15.8. The summed E-state index contributed by atoms with van der Waals surface area (Å²) in [5, 5.41) is 0. The minimum Gasteiger partial charge on any atom is -0.462 e. The van der Waals surface area contributed by atoms with Crippen LogP contribution in [0.2, 0.25) is 0 Å². The third-order valence-electron chi connectivity index (χ3n) is 3.18. The van der Waals surface area contributed by atoms with Crippen LogP contribution in [0.5, 0.6) is 0 Å². The van der Waals surface area contributed by atoms with Crippen LogP contribution in [0, 0.1) is 0 Å². The van der Waals surface area contributed by atoms with Gasteiger partial charge < -0.3 is 4.74 Å². The fourth-order valence-corrected chi connectivity index (χ4v) is 4.24. The fourth-order valence-electron chi connectivity index (χ4n) is 2.08. The number of thioether (sulfide) groups is 2. The van der Waals surface area contributed by atoms with Crippen molar-refractivity contribution < 1.29 is 9.53 Å². The van der Waals surface area contributed by atoms with Crippen molar-refractivity contribution in [1.29, 1.82) is 0 Å². The topological polar surface area (TPSA) is 39.2 Å². The van der Waals surface area contributed by atoms with Crippen molar-refractivity contribution in [3.8, 4) is 0 Å². The van der Waals surface area contributed by atoms with Gasteiger partial charge in [0.1, 0.15) is 0 Å². The van der Waals surface area contributed by atoms with Gasteiger partial charge in [-0.1, -0.05) is 42.5 Å². The number of rotatable bonds is 9. The third-order valence-corrected chi connectivity index (χ3v) is 5.70. The van der Waals surface area contributed by atoms with E-state index in [1.54, 1.807) is 35.9 Å². The Morgan fingerprint density at radius 1 is 1.20 bits per heavy atom. The summed E-state index contributed by atoms with van der Waals surface area (Å²) in [6.07, 6.45) is 5.23. The van der Waals surface area contributed by atoms with Gasteiger partial charge in [0.15, 0.2) is 0 Å². The number of carbonyl (C=O) groups is 1. The molecule has 1 aromatic heterocycles. The monoisotopic (exact) mass is 371 g/mol. The maximum Gasteiger partial charge on any atom is 0.340 e. The Morgan fingerprint density at radius 3 is 2.64 bits per heavy atom. The standard InChI is InChI=1S/C20H21NO2S2/c1-3-13-24-20(25-15-16-9-6-5-7-10-16)18(19(22)23-4-2)17-11-8-12-21-14-17/h3,5-12,14H,1,4,13,15H2,2H3. The average Bonchev–Trinajstić information content (AvgIpc) is 2.65. The molecule has 0 amide bonds. The fraction of sp³-hybridized carbons (Fsp3) is 0.200. The highest BCUT2D eigenvalue weighted by molar-refractivity contribution is 8.22. The predicted octanol–water partition coefficient (Wildman–Crippen LogP) is 5.17. The number of aromatic nitrogens is 1. The van der Waals surface area contributed by atoms with Crippen LogP contribution in [-0.4, -0.2) is 23.3 Å². The summed E-state index contributed by atoms with van der Waals surface area (Å²) in [7, 11) is 0. The Labute approximate surface area is 157 Å². The van der Waals surface area contributed by atoms with Crippen LogP contribution < -0.4 is 0 Å². The highest BCUT2D eigenvalue weighted by Gasteiger charge is 2.20. The zero-order chi connectivity index (χ0) is 17.9. The molecule has 0 saturated heterocycles. The molecule has 1 aromatic carbocycles. The lowest BCUT2D eigenvalue weighted by Gasteiger charge is -2.14. The van der Waals surface area contributed by atoms with E-state index in [1.165, 1.54) is 5.56 Å². The highest BCUT2D eigenvalue weighted by atomic mass is 32.2. The Kier molecular flexibility index (Phi) is 8.35. The predicted molar refractivity (Wildman–Crippen MR) is 108 cm³/mol. The molecule has 0 aliphatic heterocycles. The van der Waals surface area contributed by atoms with E-state index in [0.29, 0.717) is 12.2 Å². The molecule has 3 nitrogen and oxygen atoms in total. The van der Waals surface area contributed by atoms with Gasteiger partial charge in [0.05, 0.1) is 16.4 Å². The summed E-state index contributed by atoms with van der Waals surface area (Å²) in [4.78, 5) is 16.7. The summed E-state index contributed by atoms with van der Waals surface area (Å²) < 4.78 is 6.22. The van der Waals surface area contributed by atoms with Crippen LogP contribution in [-0.2, 0) is 15.3 Å². The molecule has 2 rings (SSSR count). The van der Waals surface area contributed by atoms with Crippen LogP contribution in [0.4, 0.5) is 0 Å². The molecule has 0 atom stereocenters. The lowest BCUT2D eigenvalue weighted by atomic mass is 10.1. The molecule has 0 unspecified atom stereocenters. The quantitative estimate of drug-likeness (QED) is 0.346. The zero-order valence-electron chi connectivity index (χ0n) is 14.2. The summed E-state index contributed by atoms with van der Waals surface area (Å²) >= 11 is 3.23. The first kappa shape index (κ1) is 19.3. The lowest BCUT2D eigenvalue weighted by Crippen LogP contribution is -2.08. The van der Waals surface area contributed by atoms with Crippen LogP contribution in [0.25, 0.3) is 5.57 Å². The van der Waals surface area contributed by atoms with Gasteiger partial charge in [-0.15, -0.1) is 30.1 Å². The number of hydrogen-bond acceptors (Lipinski definition) is 5. The minimum absolute atomic E-state index is 0.317. The normalized spacial score (nSPS) is 11.6. The van der Waals surface area contributed by atoms with E-state index in [9.17, 15) is 4.79 Å². The molecule has 0 fully saturated rings. The van der Waals surface area contributed by atoms with Crippen LogP contribution in [0.15, 0.2) is 71.8 Å². The van der Waals surface area contributed by atoms with E-state index in [0.717, 1.165) is 21.3 Å². The number of pyridine rings is 1. The molecule has 0 radical (unpaired) electrons. The maximum atomic E-state index is 12.6. The molecular weight excluding hydrogens is 350 g/mol. The molecule has 0 aliphatic rings. The molecule has 0 saturated carbocycles. The van der Waals surface area contributed by atoms with Gasteiger partial charge in [0, 0.05) is 29.5 Å². The van der Waals surface area contributed by atoms with Crippen molar-refractivity contribution >= 4 is 35.1 Å². The molecule has 0 bridgehead atoms. The molecule has 1 heterocycles. The Morgan fingerprint density at radius 2 is 2.00 bits per heavy atom. The maximum absolute atomic E-state index is 12.6.